The summed E-state index contributed by atoms with van der Waals surface area (Å²) in [6.07, 6.45) is 8.35. The highest BCUT2D eigenvalue weighted by Gasteiger charge is 2.51. The Kier molecular flexibility index (Phi) is 6.39. The van der Waals surface area contributed by atoms with Gasteiger partial charge in [0, 0.05) is 62.8 Å². The van der Waals surface area contributed by atoms with Gasteiger partial charge in [0.1, 0.15) is 11.6 Å². The number of anilines is 1. The first kappa shape index (κ1) is 23.2. The van der Waals surface area contributed by atoms with Crippen LogP contribution in [0.1, 0.15) is 49.9 Å². The summed E-state index contributed by atoms with van der Waals surface area (Å²) in [6.45, 7) is 5.26. The number of urea groups is 1. The standard InChI is InChI=1S/C26H35FN6OS/c27-22-3-1-18(2-4-22)14-23-29-25(35-31-23)33-9-7-32(8-10-33)6-5-28-24(34)30-26-15-19-11-20(16-26)13-21(12-19)17-26/h1-4,19-21H,5-17H2,(H2,28,30,34). The van der Waals surface area contributed by atoms with Gasteiger partial charge in [0.2, 0.25) is 5.13 Å². The Morgan fingerprint density at radius 1 is 1.03 bits per heavy atom. The molecule has 1 aromatic carbocycles. The first-order valence-corrected chi connectivity index (χ1v) is 13.9. The van der Waals surface area contributed by atoms with Crippen LogP contribution in [0, 0.1) is 23.6 Å². The van der Waals surface area contributed by atoms with Gasteiger partial charge in [0.05, 0.1) is 0 Å². The number of amides is 2. The van der Waals surface area contributed by atoms with Crippen LogP contribution in [0.25, 0.3) is 0 Å². The number of piperazine rings is 1. The van der Waals surface area contributed by atoms with Crippen LogP contribution in [0.15, 0.2) is 24.3 Å². The third-order valence-electron chi connectivity index (χ3n) is 8.51. The third kappa shape index (κ3) is 5.31. The molecule has 2 N–H and O–H groups in total. The molecule has 9 heteroatoms. The summed E-state index contributed by atoms with van der Waals surface area (Å²) in [5.41, 5.74) is 1.09. The van der Waals surface area contributed by atoms with E-state index in [-0.39, 0.29) is 17.4 Å². The highest BCUT2D eigenvalue weighted by atomic mass is 32.1. The van der Waals surface area contributed by atoms with Crippen LogP contribution in [0.4, 0.5) is 14.3 Å². The van der Waals surface area contributed by atoms with Crippen LogP contribution in [0.2, 0.25) is 0 Å². The van der Waals surface area contributed by atoms with E-state index in [4.69, 9.17) is 4.98 Å². The Hall–Kier alpha value is -2.26. The van der Waals surface area contributed by atoms with Gasteiger partial charge in [0.15, 0.2) is 0 Å². The molecular formula is C26H35FN6OS. The lowest BCUT2D eigenvalue weighted by Gasteiger charge is -2.56. The quantitative estimate of drug-likeness (QED) is 0.610. The molecular weight excluding hydrogens is 463 g/mol. The Balaban J connectivity index is 0.918. The van der Waals surface area contributed by atoms with Crippen molar-refractivity contribution in [1.82, 2.24) is 24.9 Å². The largest absolute Gasteiger partial charge is 0.344 e. The second-order valence-corrected chi connectivity index (χ2v) is 11.9. The molecule has 7 rings (SSSR count). The fourth-order valence-electron chi connectivity index (χ4n) is 7.27. The fourth-order valence-corrected chi connectivity index (χ4v) is 8.01. The maximum absolute atomic E-state index is 13.1. The molecule has 1 aromatic heterocycles. The maximum atomic E-state index is 13.1. The van der Waals surface area contributed by atoms with Crippen molar-refractivity contribution in [3.8, 4) is 0 Å². The molecule has 2 aromatic rings. The predicted octanol–water partition coefficient (Wildman–Crippen LogP) is 3.66. The van der Waals surface area contributed by atoms with Gasteiger partial charge in [-0.3, -0.25) is 4.90 Å². The average molecular weight is 499 g/mol. The van der Waals surface area contributed by atoms with Gasteiger partial charge in [-0.25, -0.2) is 14.2 Å². The number of nitrogens with zero attached hydrogens (tertiary/aromatic N) is 4. The Bertz CT molecular complexity index is 999. The van der Waals surface area contributed by atoms with Gasteiger partial charge in [-0.15, -0.1) is 0 Å². The van der Waals surface area contributed by atoms with E-state index in [1.54, 1.807) is 12.1 Å². The summed E-state index contributed by atoms with van der Waals surface area (Å²) in [6, 6.07) is 6.54. The molecule has 4 aliphatic carbocycles. The Morgan fingerprint density at radius 2 is 1.69 bits per heavy atom. The zero-order valence-electron chi connectivity index (χ0n) is 20.2. The molecule has 0 radical (unpaired) electrons. The molecule has 5 aliphatic rings. The molecule has 0 unspecified atom stereocenters. The number of hydrogen-bond acceptors (Lipinski definition) is 6. The van der Waals surface area contributed by atoms with Crippen molar-refractivity contribution < 1.29 is 9.18 Å². The first-order valence-electron chi connectivity index (χ1n) is 13.1. The number of benzene rings is 1. The van der Waals surface area contributed by atoms with Crippen molar-refractivity contribution in [2.75, 3.05) is 44.2 Å². The van der Waals surface area contributed by atoms with Crippen molar-refractivity contribution in [1.29, 1.82) is 0 Å². The first-order chi connectivity index (χ1) is 17.0. The molecule has 1 aliphatic heterocycles. The van der Waals surface area contributed by atoms with Crippen molar-refractivity contribution in [2.24, 2.45) is 17.8 Å². The van der Waals surface area contributed by atoms with Gasteiger partial charge in [0.25, 0.3) is 0 Å². The number of nitrogens with one attached hydrogen (secondary N) is 2. The number of carbonyl (C=O) groups excluding carboxylic acids is 1. The minimum atomic E-state index is -0.225. The lowest BCUT2D eigenvalue weighted by Crippen LogP contribution is -2.61. The maximum Gasteiger partial charge on any atom is 0.315 e. The van der Waals surface area contributed by atoms with Gasteiger partial charge >= 0.3 is 6.03 Å². The predicted molar refractivity (Wildman–Crippen MR) is 135 cm³/mol. The zero-order valence-corrected chi connectivity index (χ0v) is 21.0. The van der Waals surface area contributed by atoms with Crippen LogP contribution in [-0.2, 0) is 6.42 Å². The smallest absolute Gasteiger partial charge is 0.315 e. The van der Waals surface area contributed by atoms with E-state index in [9.17, 15) is 9.18 Å². The minimum Gasteiger partial charge on any atom is -0.344 e. The van der Waals surface area contributed by atoms with E-state index in [1.165, 1.54) is 62.2 Å². The summed E-state index contributed by atoms with van der Waals surface area (Å²) < 4.78 is 17.6. The fraction of sp³-hybridized carbons (Fsp3) is 0.654. The molecule has 2 heterocycles. The van der Waals surface area contributed by atoms with Crippen molar-refractivity contribution in [2.45, 2.75) is 50.5 Å². The summed E-state index contributed by atoms with van der Waals surface area (Å²) in [5, 5.41) is 7.49. The van der Waals surface area contributed by atoms with E-state index in [1.807, 2.05) is 0 Å². The van der Waals surface area contributed by atoms with Crippen LogP contribution < -0.4 is 15.5 Å². The minimum absolute atomic E-state index is 0.0214. The Labute approximate surface area is 210 Å². The topological polar surface area (TPSA) is 73.4 Å². The summed E-state index contributed by atoms with van der Waals surface area (Å²) in [7, 11) is 0. The number of hydrogen-bond donors (Lipinski definition) is 2. The van der Waals surface area contributed by atoms with E-state index in [2.05, 4.69) is 24.8 Å². The van der Waals surface area contributed by atoms with Gasteiger partial charge in [-0.1, -0.05) is 12.1 Å². The summed E-state index contributed by atoms with van der Waals surface area (Å²) >= 11 is 1.43. The highest BCUT2D eigenvalue weighted by Crippen LogP contribution is 2.55. The Morgan fingerprint density at radius 3 is 2.34 bits per heavy atom. The third-order valence-corrected chi connectivity index (χ3v) is 9.32. The number of halogens is 1. The summed E-state index contributed by atoms with van der Waals surface area (Å²) in [4.78, 5) is 22.1. The molecule has 7 nitrogen and oxygen atoms in total. The van der Waals surface area contributed by atoms with Gasteiger partial charge in [-0.05, 0) is 74.0 Å². The molecule has 0 atom stereocenters. The van der Waals surface area contributed by atoms with E-state index >= 15 is 0 Å². The van der Waals surface area contributed by atoms with Crippen LogP contribution in [-0.4, -0.2) is 65.1 Å². The summed E-state index contributed by atoms with van der Waals surface area (Å²) in [5.74, 6) is 3.07. The average Bonchev–Trinajstić information content (AvgIpc) is 3.28. The molecule has 2 amide bonds. The second kappa shape index (κ2) is 9.65. The van der Waals surface area contributed by atoms with Crippen LogP contribution in [0.3, 0.4) is 0 Å². The second-order valence-electron chi connectivity index (χ2n) is 11.2. The van der Waals surface area contributed by atoms with E-state index in [0.717, 1.165) is 67.0 Å². The highest BCUT2D eigenvalue weighted by molar-refractivity contribution is 7.09. The number of carbonyl (C=O) groups is 1. The van der Waals surface area contributed by atoms with Gasteiger partial charge < -0.3 is 15.5 Å². The molecule has 188 valence electrons. The van der Waals surface area contributed by atoms with Crippen molar-refractivity contribution in [3.05, 3.63) is 41.5 Å². The molecule has 1 saturated heterocycles. The molecule has 0 spiro atoms. The van der Waals surface area contributed by atoms with E-state index < -0.39 is 0 Å². The number of rotatable bonds is 7. The number of aromatic nitrogens is 2. The zero-order chi connectivity index (χ0) is 23.8. The van der Waals surface area contributed by atoms with Crippen LogP contribution in [0.5, 0.6) is 0 Å². The van der Waals surface area contributed by atoms with Gasteiger partial charge in [-0.2, -0.15) is 4.37 Å². The van der Waals surface area contributed by atoms with E-state index in [0.29, 0.717) is 13.0 Å². The SMILES string of the molecule is O=C(NCCN1CCN(c2nc(Cc3ccc(F)cc3)ns2)CC1)NC12CC3CC(CC(C3)C1)C2. The molecule has 35 heavy (non-hydrogen) atoms. The normalized spacial score (nSPS) is 30.0. The molecule has 4 bridgehead atoms. The van der Waals surface area contributed by atoms with Crippen LogP contribution >= 0.6 is 11.5 Å². The lowest BCUT2D eigenvalue weighted by atomic mass is 9.53. The lowest BCUT2D eigenvalue weighted by molar-refractivity contribution is -0.0135. The van der Waals surface area contributed by atoms with Crippen molar-refractivity contribution >= 4 is 22.7 Å². The molecule has 4 saturated carbocycles. The van der Waals surface area contributed by atoms with Crippen molar-refractivity contribution in [3.63, 3.8) is 0 Å². The molecule has 5 fully saturated rings. The monoisotopic (exact) mass is 498 g/mol.